The summed E-state index contributed by atoms with van der Waals surface area (Å²) in [6.07, 6.45) is 4.96. The number of hydrogen-bond donors (Lipinski definition) is 1. The lowest BCUT2D eigenvalue weighted by atomic mass is 10.1. The van der Waals surface area contributed by atoms with Crippen molar-refractivity contribution in [2.24, 2.45) is 0 Å². The van der Waals surface area contributed by atoms with Gasteiger partial charge in [0.25, 0.3) is 0 Å². The molecule has 0 amide bonds. The number of piperazine rings is 1. The van der Waals surface area contributed by atoms with Gasteiger partial charge in [0.2, 0.25) is 0 Å². The summed E-state index contributed by atoms with van der Waals surface area (Å²) in [7, 11) is 0. The van der Waals surface area contributed by atoms with Gasteiger partial charge in [-0.25, -0.2) is 0 Å². The molecule has 2 aromatic heterocycles. The third-order valence-electron chi connectivity index (χ3n) is 4.51. The van der Waals surface area contributed by atoms with E-state index < -0.39 is 0 Å². The largest absolute Gasteiger partial charge is 0.396 e. The van der Waals surface area contributed by atoms with E-state index in [0.29, 0.717) is 6.04 Å². The van der Waals surface area contributed by atoms with Crippen molar-refractivity contribution >= 4 is 11.3 Å². The number of aliphatic hydroxyl groups is 1. The molecule has 1 aliphatic heterocycles. The highest BCUT2D eigenvalue weighted by Crippen LogP contribution is 2.20. The lowest BCUT2D eigenvalue weighted by Gasteiger charge is -2.41. The summed E-state index contributed by atoms with van der Waals surface area (Å²) in [6.45, 7) is 8.39. The Morgan fingerprint density at radius 1 is 1.35 bits per heavy atom. The van der Waals surface area contributed by atoms with Crippen LogP contribution in [0, 0.1) is 0 Å². The summed E-state index contributed by atoms with van der Waals surface area (Å²) >= 11 is 1.82. The highest BCUT2D eigenvalue weighted by atomic mass is 32.1. The molecule has 0 saturated carbocycles. The SMILES string of the molecule is CCn1cc(CN2CCN(Cc3cccs3)[C@@H](CCO)C2)cn1. The Hall–Kier alpha value is -1.21. The molecule has 2 aromatic rings. The van der Waals surface area contributed by atoms with Crippen LogP contribution in [0.5, 0.6) is 0 Å². The molecule has 5 nitrogen and oxygen atoms in total. The maximum atomic E-state index is 9.42. The van der Waals surface area contributed by atoms with Crippen LogP contribution < -0.4 is 0 Å². The highest BCUT2D eigenvalue weighted by Gasteiger charge is 2.27. The summed E-state index contributed by atoms with van der Waals surface area (Å²) in [5.41, 5.74) is 1.28. The van der Waals surface area contributed by atoms with Crippen molar-refractivity contribution in [2.75, 3.05) is 26.2 Å². The molecule has 3 rings (SSSR count). The highest BCUT2D eigenvalue weighted by molar-refractivity contribution is 7.09. The van der Waals surface area contributed by atoms with Crippen LogP contribution in [0.25, 0.3) is 0 Å². The average molecular weight is 334 g/mol. The Morgan fingerprint density at radius 3 is 2.96 bits per heavy atom. The van der Waals surface area contributed by atoms with Gasteiger partial charge in [-0.3, -0.25) is 14.5 Å². The third-order valence-corrected chi connectivity index (χ3v) is 5.37. The topological polar surface area (TPSA) is 44.5 Å². The van der Waals surface area contributed by atoms with Crippen LogP contribution in [0.1, 0.15) is 23.8 Å². The summed E-state index contributed by atoms with van der Waals surface area (Å²) in [5.74, 6) is 0. The molecule has 23 heavy (non-hydrogen) atoms. The fourth-order valence-electron chi connectivity index (χ4n) is 3.25. The van der Waals surface area contributed by atoms with Crippen molar-refractivity contribution < 1.29 is 5.11 Å². The standard InChI is InChI=1S/C17H26N4OS/c1-2-21-12-15(10-18-21)11-19-6-7-20(16(13-19)5-8-22)14-17-4-3-9-23-17/h3-4,9-10,12,16,22H,2,5-8,11,13-14H2,1H3/t16-/m0/s1. The van der Waals surface area contributed by atoms with Gasteiger partial charge in [0, 0.05) is 68.6 Å². The predicted molar refractivity (Wildman–Crippen MR) is 93.4 cm³/mol. The molecule has 0 bridgehead atoms. The van der Waals surface area contributed by atoms with Crippen LogP contribution in [0.4, 0.5) is 0 Å². The lowest BCUT2D eigenvalue weighted by molar-refractivity contribution is 0.0506. The van der Waals surface area contributed by atoms with Gasteiger partial charge in [0.05, 0.1) is 6.20 Å². The Balaban J connectivity index is 1.59. The fourth-order valence-corrected chi connectivity index (χ4v) is 3.98. The molecule has 1 aliphatic rings. The third kappa shape index (κ3) is 4.41. The molecule has 0 radical (unpaired) electrons. The number of nitrogens with zero attached hydrogens (tertiary/aromatic N) is 4. The molecular weight excluding hydrogens is 308 g/mol. The zero-order chi connectivity index (χ0) is 16.1. The molecule has 6 heteroatoms. The maximum absolute atomic E-state index is 9.42. The summed E-state index contributed by atoms with van der Waals surface area (Å²) in [4.78, 5) is 6.42. The number of rotatable bonds is 7. The molecule has 126 valence electrons. The zero-order valence-corrected chi connectivity index (χ0v) is 14.6. The predicted octanol–water partition coefficient (Wildman–Crippen LogP) is 2.03. The average Bonchev–Trinajstić information content (AvgIpc) is 3.21. The molecule has 3 heterocycles. The van der Waals surface area contributed by atoms with Crippen LogP contribution in [-0.2, 0) is 19.6 Å². The van der Waals surface area contributed by atoms with E-state index in [9.17, 15) is 5.11 Å². The monoisotopic (exact) mass is 334 g/mol. The smallest absolute Gasteiger partial charge is 0.0534 e. The van der Waals surface area contributed by atoms with E-state index in [1.807, 2.05) is 22.2 Å². The molecule has 0 spiro atoms. The van der Waals surface area contributed by atoms with Gasteiger partial charge in [-0.15, -0.1) is 11.3 Å². The normalized spacial score (nSPS) is 20.2. The van der Waals surface area contributed by atoms with Gasteiger partial charge in [-0.1, -0.05) is 6.07 Å². The number of aromatic nitrogens is 2. The summed E-state index contributed by atoms with van der Waals surface area (Å²) in [6, 6.07) is 4.74. The molecular formula is C17H26N4OS. The molecule has 1 N–H and O–H groups in total. The number of thiophene rings is 1. The van der Waals surface area contributed by atoms with Gasteiger partial charge >= 0.3 is 0 Å². The van der Waals surface area contributed by atoms with Crippen molar-refractivity contribution in [3.63, 3.8) is 0 Å². The van der Waals surface area contributed by atoms with Crippen LogP contribution in [-0.4, -0.2) is 57.0 Å². The van der Waals surface area contributed by atoms with Crippen LogP contribution in [0.15, 0.2) is 29.9 Å². The van der Waals surface area contributed by atoms with Crippen molar-refractivity contribution in [3.05, 3.63) is 40.3 Å². The van der Waals surface area contributed by atoms with E-state index in [0.717, 1.165) is 45.7 Å². The summed E-state index contributed by atoms with van der Waals surface area (Å²) in [5, 5.41) is 15.9. The van der Waals surface area contributed by atoms with Crippen molar-refractivity contribution in [2.45, 2.75) is 39.0 Å². The van der Waals surface area contributed by atoms with Gasteiger partial charge in [-0.2, -0.15) is 5.10 Å². The summed E-state index contributed by atoms with van der Waals surface area (Å²) < 4.78 is 1.98. The first-order chi connectivity index (χ1) is 11.3. The maximum Gasteiger partial charge on any atom is 0.0534 e. The van der Waals surface area contributed by atoms with Gasteiger partial charge < -0.3 is 5.11 Å². The van der Waals surface area contributed by atoms with E-state index in [1.54, 1.807) is 0 Å². The van der Waals surface area contributed by atoms with E-state index in [2.05, 4.69) is 45.5 Å². The van der Waals surface area contributed by atoms with Crippen LogP contribution in [0.3, 0.4) is 0 Å². The molecule has 0 aromatic carbocycles. The Labute approximate surface area is 142 Å². The minimum atomic E-state index is 0.257. The zero-order valence-electron chi connectivity index (χ0n) is 13.8. The molecule has 1 saturated heterocycles. The van der Waals surface area contributed by atoms with Crippen molar-refractivity contribution in [1.29, 1.82) is 0 Å². The van der Waals surface area contributed by atoms with Crippen LogP contribution in [0.2, 0.25) is 0 Å². The number of aryl methyl sites for hydroxylation is 1. The number of hydrogen-bond acceptors (Lipinski definition) is 5. The van der Waals surface area contributed by atoms with E-state index in [1.165, 1.54) is 10.4 Å². The second kappa shape index (κ2) is 8.06. The second-order valence-corrected chi connectivity index (χ2v) is 7.19. The molecule has 0 unspecified atom stereocenters. The quantitative estimate of drug-likeness (QED) is 0.841. The first kappa shape index (κ1) is 16.6. The van der Waals surface area contributed by atoms with Crippen LogP contribution >= 0.6 is 11.3 Å². The van der Waals surface area contributed by atoms with Gasteiger partial charge in [0.15, 0.2) is 0 Å². The Kier molecular flexibility index (Phi) is 5.83. The molecule has 1 fully saturated rings. The van der Waals surface area contributed by atoms with Gasteiger partial charge in [-0.05, 0) is 24.8 Å². The minimum Gasteiger partial charge on any atom is -0.396 e. The molecule has 0 aliphatic carbocycles. The minimum absolute atomic E-state index is 0.257. The van der Waals surface area contributed by atoms with Crippen molar-refractivity contribution in [3.8, 4) is 0 Å². The van der Waals surface area contributed by atoms with E-state index >= 15 is 0 Å². The first-order valence-corrected chi connectivity index (χ1v) is 9.27. The number of aliphatic hydroxyl groups excluding tert-OH is 1. The van der Waals surface area contributed by atoms with E-state index in [-0.39, 0.29) is 6.61 Å². The van der Waals surface area contributed by atoms with E-state index in [4.69, 9.17) is 0 Å². The van der Waals surface area contributed by atoms with Crippen molar-refractivity contribution in [1.82, 2.24) is 19.6 Å². The Bertz CT molecular complexity index is 583. The fraction of sp³-hybridized carbons (Fsp3) is 0.588. The molecule has 1 atom stereocenters. The Morgan fingerprint density at radius 2 is 2.26 bits per heavy atom. The van der Waals surface area contributed by atoms with Gasteiger partial charge in [0.1, 0.15) is 0 Å². The second-order valence-electron chi connectivity index (χ2n) is 6.16. The first-order valence-electron chi connectivity index (χ1n) is 8.39. The lowest BCUT2D eigenvalue weighted by Crippen LogP contribution is -2.52.